The fourth-order valence-electron chi connectivity index (χ4n) is 1.44. The molecular weight excluding hydrogens is 234 g/mol. The van der Waals surface area contributed by atoms with Crippen LogP contribution in [0.15, 0.2) is 29.4 Å². The molecule has 1 aromatic rings. The standard InChI is InChI=1S/C13H19NO2S/c1-3-13(14-15)11-5-7-12(8-6-11)16-9-10-17-4-2/h5-8,15H,3-4,9-10H2,1-2H3/b14-13+. The summed E-state index contributed by atoms with van der Waals surface area (Å²) in [5, 5.41) is 12.1. The molecule has 0 atom stereocenters. The summed E-state index contributed by atoms with van der Waals surface area (Å²) in [4.78, 5) is 0. The molecule has 0 aromatic heterocycles. The van der Waals surface area contributed by atoms with E-state index >= 15 is 0 Å². The van der Waals surface area contributed by atoms with Crippen molar-refractivity contribution in [2.24, 2.45) is 5.16 Å². The first kappa shape index (κ1) is 13.9. The second-order valence-corrected chi connectivity index (χ2v) is 4.86. The van der Waals surface area contributed by atoms with E-state index < -0.39 is 0 Å². The summed E-state index contributed by atoms with van der Waals surface area (Å²) in [6.45, 7) is 4.83. The molecular formula is C13H19NO2S. The summed E-state index contributed by atoms with van der Waals surface area (Å²) in [6, 6.07) is 7.65. The van der Waals surface area contributed by atoms with Crippen molar-refractivity contribution < 1.29 is 9.94 Å². The average Bonchev–Trinajstić information content (AvgIpc) is 2.38. The number of oxime groups is 1. The number of nitrogens with zero attached hydrogens (tertiary/aromatic N) is 1. The van der Waals surface area contributed by atoms with Crippen molar-refractivity contribution in [1.82, 2.24) is 0 Å². The Morgan fingerprint density at radius 1 is 1.29 bits per heavy atom. The van der Waals surface area contributed by atoms with Crippen molar-refractivity contribution in [1.29, 1.82) is 0 Å². The van der Waals surface area contributed by atoms with Gasteiger partial charge in [-0.3, -0.25) is 0 Å². The lowest BCUT2D eigenvalue weighted by molar-refractivity contribution is 0.318. The van der Waals surface area contributed by atoms with Gasteiger partial charge in [-0.05, 0) is 42.0 Å². The van der Waals surface area contributed by atoms with E-state index in [1.54, 1.807) is 0 Å². The zero-order valence-corrected chi connectivity index (χ0v) is 11.2. The molecule has 0 spiro atoms. The van der Waals surface area contributed by atoms with Crippen LogP contribution in [0.1, 0.15) is 25.8 Å². The molecule has 0 radical (unpaired) electrons. The summed E-state index contributed by atoms with van der Waals surface area (Å²) in [5.41, 5.74) is 1.63. The van der Waals surface area contributed by atoms with Crippen molar-refractivity contribution >= 4 is 17.5 Å². The topological polar surface area (TPSA) is 41.8 Å². The number of hydrogen-bond acceptors (Lipinski definition) is 4. The third-order valence-electron chi connectivity index (χ3n) is 2.34. The van der Waals surface area contributed by atoms with Crippen LogP contribution in [0.2, 0.25) is 0 Å². The molecule has 0 aliphatic carbocycles. The highest BCUT2D eigenvalue weighted by atomic mass is 32.2. The van der Waals surface area contributed by atoms with Gasteiger partial charge in [-0.25, -0.2) is 0 Å². The summed E-state index contributed by atoms with van der Waals surface area (Å²) in [7, 11) is 0. The van der Waals surface area contributed by atoms with Crippen LogP contribution in [-0.2, 0) is 0 Å². The predicted molar refractivity (Wildman–Crippen MR) is 73.6 cm³/mol. The van der Waals surface area contributed by atoms with Crippen molar-refractivity contribution in [2.75, 3.05) is 18.1 Å². The van der Waals surface area contributed by atoms with Gasteiger partial charge in [-0.2, -0.15) is 11.8 Å². The van der Waals surface area contributed by atoms with Crippen molar-refractivity contribution in [3.8, 4) is 5.75 Å². The molecule has 0 aliphatic heterocycles. The number of hydrogen-bond donors (Lipinski definition) is 1. The predicted octanol–water partition coefficient (Wildman–Crippen LogP) is 3.41. The van der Waals surface area contributed by atoms with Crippen LogP contribution in [0.5, 0.6) is 5.75 Å². The van der Waals surface area contributed by atoms with Crippen molar-refractivity contribution in [3.63, 3.8) is 0 Å². The number of thioether (sulfide) groups is 1. The van der Waals surface area contributed by atoms with Crippen LogP contribution in [0.4, 0.5) is 0 Å². The Kier molecular flexibility index (Phi) is 6.55. The van der Waals surface area contributed by atoms with Gasteiger partial charge in [0.25, 0.3) is 0 Å². The molecule has 1 rings (SSSR count). The van der Waals surface area contributed by atoms with E-state index in [2.05, 4.69) is 12.1 Å². The van der Waals surface area contributed by atoms with Crippen LogP contribution in [0.25, 0.3) is 0 Å². The lowest BCUT2D eigenvalue weighted by Gasteiger charge is -2.07. The summed E-state index contributed by atoms with van der Waals surface area (Å²) in [5.74, 6) is 2.99. The van der Waals surface area contributed by atoms with Crippen molar-refractivity contribution in [3.05, 3.63) is 29.8 Å². The van der Waals surface area contributed by atoms with Gasteiger partial charge in [0.1, 0.15) is 5.75 Å². The Hall–Kier alpha value is -1.16. The molecule has 0 saturated heterocycles. The van der Waals surface area contributed by atoms with Gasteiger partial charge in [0.2, 0.25) is 0 Å². The second kappa shape index (κ2) is 8.01. The summed E-state index contributed by atoms with van der Waals surface area (Å²) in [6.07, 6.45) is 0.712. The summed E-state index contributed by atoms with van der Waals surface area (Å²) >= 11 is 1.87. The number of rotatable bonds is 7. The third-order valence-corrected chi connectivity index (χ3v) is 3.21. The van der Waals surface area contributed by atoms with Gasteiger partial charge in [0.15, 0.2) is 0 Å². The molecule has 0 saturated carbocycles. The fraction of sp³-hybridized carbons (Fsp3) is 0.462. The molecule has 0 bridgehead atoms. The molecule has 0 aliphatic rings. The molecule has 0 heterocycles. The van der Waals surface area contributed by atoms with E-state index in [4.69, 9.17) is 9.94 Å². The van der Waals surface area contributed by atoms with Gasteiger partial charge < -0.3 is 9.94 Å². The van der Waals surface area contributed by atoms with E-state index in [9.17, 15) is 0 Å². The first-order valence-electron chi connectivity index (χ1n) is 5.83. The number of ether oxygens (including phenoxy) is 1. The Morgan fingerprint density at radius 3 is 2.53 bits per heavy atom. The second-order valence-electron chi connectivity index (χ2n) is 3.47. The summed E-state index contributed by atoms with van der Waals surface area (Å²) < 4.78 is 5.59. The fourth-order valence-corrected chi connectivity index (χ4v) is 1.93. The van der Waals surface area contributed by atoms with Crippen LogP contribution in [0.3, 0.4) is 0 Å². The monoisotopic (exact) mass is 253 g/mol. The maximum atomic E-state index is 8.80. The van der Waals surface area contributed by atoms with E-state index in [0.29, 0.717) is 12.1 Å². The van der Waals surface area contributed by atoms with Gasteiger partial charge in [-0.15, -0.1) is 0 Å². The first-order valence-corrected chi connectivity index (χ1v) is 6.99. The molecule has 3 nitrogen and oxygen atoms in total. The van der Waals surface area contributed by atoms with Crippen LogP contribution in [0, 0.1) is 0 Å². The van der Waals surface area contributed by atoms with Gasteiger partial charge in [0, 0.05) is 5.75 Å². The molecule has 1 aromatic carbocycles. The smallest absolute Gasteiger partial charge is 0.119 e. The molecule has 94 valence electrons. The Balaban J connectivity index is 2.50. The number of benzene rings is 1. The van der Waals surface area contributed by atoms with E-state index in [0.717, 1.165) is 29.4 Å². The SMILES string of the molecule is CCSCCOc1ccc(/C(CC)=N/O)cc1. The van der Waals surface area contributed by atoms with E-state index in [-0.39, 0.29) is 0 Å². The van der Waals surface area contributed by atoms with E-state index in [1.165, 1.54) is 0 Å². The maximum Gasteiger partial charge on any atom is 0.119 e. The van der Waals surface area contributed by atoms with Crippen LogP contribution < -0.4 is 4.74 Å². The van der Waals surface area contributed by atoms with Gasteiger partial charge in [-0.1, -0.05) is 19.0 Å². The highest BCUT2D eigenvalue weighted by Crippen LogP contribution is 2.14. The van der Waals surface area contributed by atoms with Gasteiger partial charge >= 0.3 is 0 Å². The maximum absolute atomic E-state index is 8.80. The molecule has 0 amide bonds. The molecule has 17 heavy (non-hydrogen) atoms. The van der Waals surface area contributed by atoms with Crippen LogP contribution >= 0.6 is 11.8 Å². The lowest BCUT2D eigenvalue weighted by Crippen LogP contribution is -2.02. The molecule has 0 fully saturated rings. The normalized spacial score (nSPS) is 11.5. The highest BCUT2D eigenvalue weighted by molar-refractivity contribution is 7.99. The lowest BCUT2D eigenvalue weighted by atomic mass is 10.1. The quantitative estimate of drug-likeness (QED) is 0.350. The molecule has 0 unspecified atom stereocenters. The Labute approximate surface area is 107 Å². The Morgan fingerprint density at radius 2 is 2.00 bits per heavy atom. The minimum atomic E-state index is 0.693. The van der Waals surface area contributed by atoms with Gasteiger partial charge in [0.05, 0.1) is 12.3 Å². The minimum Gasteiger partial charge on any atom is -0.493 e. The van der Waals surface area contributed by atoms with E-state index in [1.807, 2.05) is 43.0 Å². The zero-order chi connectivity index (χ0) is 12.5. The zero-order valence-electron chi connectivity index (χ0n) is 10.3. The highest BCUT2D eigenvalue weighted by Gasteiger charge is 2.01. The average molecular weight is 253 g/mol. The molecule has 4 heteroatoms. The minimum absolute atomic E-state index is 0.693. The largest absolute Gasteiger partial charge is 0.493 e. The van der Waals surface area contributed by atoms with Crippen LogP contribution in [-0.4, -0.2) is 29.0 Å². The third kappa shape index (κ3) is 4.69. The van der Waals surface area contributed by atoms with Crippen molar-refractivity contribution in [2.45, 2.75) is 20.3 Å². The Bertz CT molecular complexity index is 349. The first-order chi connectivity index (χ1) is 8.31. The molecule has 1 N–H and O–H groups in total.